The summed E-state index contributed by atoms with van der Waals surface area (Å²) in [5.74, 6) is -9.48. The van der Waals surface area contributed by atoms with Crippen molar-refractivity contribution in [2.24, 2.45) is 11.5 Å². The maximum absolute atomic E-state index is 14.3. The lowest BCUT2D eigenvalue weighted by Crippen LogP contribution is -2.66. The number of carbonyl (C=O) groups excluding carboxylic acids is 8. The number of urea groups is 1. The number of nitrogens with one attached hydrogen (secondary N) is 13. The van der Waals surface area contributed by atoms with Crippen molar-refractivity contribution >= 4 is 77.2 Å². The van der Waals surface area contributed by atoms with Gasteiger partial charge in [-0.1, -0.05) is 73.5 Å². The third-order valence-corrected chi connectivity index (χ3v) is 16.4. The van der Waals surface area contributed by atoms with E-state index in [-0.39, 0.29) is 140 Å². The standard InChI is InChI=1S/C66H105N15O18/c67-39-65(41-69-33-35-71-43-66(40-68,44-72-36-34-70-42-65)81-56(86)27-16-28-57(87)88)80-55(85)26-15-25-54(84)75-50(37-45-17-5-3-6-18-45)59(91)77-51(38-46-19-7-4-8-20-46)60(92)76-47(61(93)94)21-11-13-31-73-52(82)23-9-1-2-10-24-53(83)74-32-14-12-22-48(62(95)96)78-64(99)79-49(63(97)98)29-30-58(89)90/h3-8,17-20,47-51,69-72H,1-2,9-16,21-44,67-68H2,(H,73,82)(H,74,83)(H,75,84)(H,76,92)(H,77,91)(H,80,85)(H,81,86)(H,87,88)(H,89,90)(H,93,94)(H,95,96)(H,97,98)(H2,78,79,99). The van der Waals surface area contributed by atoms with Gasteiger partial charge >= 0.3 is 35.9 Å². The molecule has 0 bridgehead atoms. The molecule has 0 saturated carbocycles. The Morgan fingerprint density at radius 3 is 1.12 bits per heavy atom. The number of carboxylic acids is 5. The fraction of sp³-hybridized carbons (Fsp3) is 0.621. The number of amides is 9. The van der Waals surface area contributed by atoms with E-state index in [0.717, 1.165) is 0 Å². The predicted molar refractivity (Wildman–Crippen MR) is 363 cm³/mol. The molecule has 0 radical (unpaired) electrons. The van der Waals surface area contributed by atoms with Crippen molar-refractivity contribution in [3.05, 3.63) is 71.8 Å². The monoisotopic (exact) mass is 1400 g/mol. The number of carboxylic acid groups (broad SMARTS) is 5. The van der Waals surface area contributed by atoms with Crippen LogP contribution in [0.1, 0.15) is 140 Å². The molecule has 1 aliphatic heterocycles. The van der Waals surface area contributed by atoms with Gasteiger partial charge in [-0.25, -0.2) is 19.2 Å². The summed E-state index contributed by atoms with van der Waals surface area (Å²) in [6, 6.07) is 9.88. The zero-order valence-electron chi connectivity index (χ0n) is 56.4. The first-order chi connectivity index (χ1) is 47.4. The van der Waals surface area contributed by atoms with E-state index in [0.29, 0.717) is 102 Å². The van der Waals surface area contributed by atoms with Crippen LogP contribution in [-0.2, 0) is 70.4 Å². The molecule has 33 heteroatoms. The van der Waals surface area contributed by atoms with Crippen molar-refractivity contribution in [3.8, 4) is 0 Å². The smallest absolute Gasteiger partial charge is 0.326 e. The zero-order chi connectivity index (χ0) is 72.9. The van der Waals surface area contributed by atoms with Gasteiger partial charge in [-0.15, -0.1) is 0 Å². The van der Waals surface area contributed by atoms with E-state index in [1.165, 1.54) is 0 Å². The number of aliphatic carboxylic acids is 5. The molecule has 5 unspecified atom stereocenters. The van der Waals surface area contributed by atoms with E-state index in [4.69, 9.17) is 21.7 Å². The topological polar surface area (TPSA) is 531 Å². The van der Waals surface area contributed by atoms with Crippen LogP contribution < -0.4 is 80.6 Å². The Morgan fingerprint density at radius 1 is 0.374 bits per heavy atom. The fourth-order valence-corrected chi connectivity index (χ4v) is 10.7. The first kappa shape index (κ1) is 84.3. The number of unbranched alkanes of at least 4 members (excludes halogenated alkanes) is 5. The van der Waals surface area contributed by atoms with Crippen molar-refractivity contribution < 1.29 is 87.9 Å². The lowest BCUT2D eigenvalue weighted by Gasteiger charge is -2.36. The van der Waals surface area contributed by atoms with Crippen LogP contribution in [0.5, 0.6) is 0 Å². The summed E-state index contributed by atoms with van der Waals surface area (Å²) < 4.78 is 0. The molecular weight excluding hydrogens is 1290 g/mol. The van der Waals surface area contributed by atoms with Gasteiger partial charge in [-0.2, -0.15) is 0 Å². The predicted octanol–water partition coefficient (Wildman–Crippen LogP) is -1.58. The Kier molecular flexibility index (Phi) is 40.9. The molecule has 2 aromatic rings. The van der Waals surface area contributed by atoms with E-state index in [9.17, 15) is 77.6 Å². The molecule has 22 N–H and O–H groups in total. The van der Waals surface area contributed by atoms with Gasteiger partial charge in [0.25, 0.3) is 0 Å². The van der Waals surface area contributed by atoms with Crippen LogP contribution >= 0.6 is 0 Å². The van der Waals surface area contributed by atoms with E-state index < -0.39 is 108 Å². The van der Waals surface area contributed by atoms with Gasteiger partial charge in [0, 0.05) is 136 Å². The van der Waals surface area contributed by atoms with Gasteiger partial charge in [0.05, 0.1) is 11.1 Å². The third-order valence-electron chi connectivity index (χ3n) is 16.4. The van der Waals surface area contributed by atoms with E-state index in [1.54, 1.807) is 60.7 Å². The highest BCUT2D eigenvalue weighted by molar-refractivity contribution is 5.94. The molecule has 1 aliphatic rings. The van der Waals surface area contributed by atoms with Crippen LogP contribution in [0.4, 0.5) is 4.79 Å². The van der Waals surface area contributed by atoms with E-state index >= 15 is 0 Å². The van der Waals surface area contributed by atoms with Gasteiger partial charge in [-0.05, 0) is 81.8 Å². The zero-order valence-corrected chi connectivity index (χ0v) is 56.4. The fourth-order valence-electron chi connectivity index (χ4n) is 10.7. The van der Waals surface area contributed by atoms with Gasteiger partial charge in [0.15, 0.2) is 0 Å². The van der Waals surface area contributed by atoms with Gasteiger partial charge in [0.1, 0.15) is 30.2 Å². The van der Waals surface area contributed by atoms with Crippen molar-refractivity contribution in [1.82, 2.24) is 69.1 Å². The highest BCUT2D eigenvalue weighted by atomic mass is 16.4. The Bertz CT molecular complexity index is 2860. The Balaban J connectivity index is 1.46. The average molecular weight is 1400 g/mol. The van der Waals surface area contributed by atoms with Gasteiger partial charge in [-0.3, -0.25) is 43.2 Å². The number of nitrogens with two attached hydrogens (primary N) is 2. The first-order valence-corrected chi connectivity index (χ1v) is 33.9. The van der Waals surface area contributed by atoms with Crippen LogP contribution in [-0.4, -0.2) is 223 Å². The van der Waals surface area contributed by atoms with Crippen LogP contribution in [0.2, 0.25) is 0 Å². The molecule has 99 heavy (non-hydrogen) atoms. The molecule has 1 fully saturated rings. The molecule has 552 valence electrons. The quantitative estimate of drug-likeness (QED) is 0.0333. The minimum absolute atomic E-state index is 0.00104. The van der Waals surface area contributed by atoms with Crippen LogP contribution in [0.25, 0.3) is 0 Å². The summed E-state index contributed by atoms with van der Waals surface area (Å²) in [4.78, 5) is 163. The molecule has 2 aromatic carbocycles. The number of hydrogen-bond acceptors (Lipinski definition) is 19. The Labute approximate surface area is 576 Å². The van der Waals surface area contributed by atoms with Crippen molar-refractivity contribution in [2.75, 3.05) is 78.5 Å². The molecule has 0 spiro atoms. The Hall–Kier alpha value is -8.89. The first-order valence-electron chi connectivity index (χ1n) is 33.9. The SMILES string of the molecule is NCC1(NC(=O)CCCC(=O)O)CNCCNCC(CN)(NC(=O)CCCC(=O)NC(Cc2ccccc2)C(=O)NC(Cc2ccccc2)C(=O)NC(CCCCNC(=O)CCCCCCC(=O)NCCCCC(NC(=O)NC(CCC(=O)O)C(=O)O)C(=O)O)C(=O)O)CNCCNC1. The highest BCUT2D eigenvalue weighted by Gasteiger charge is 2.34. The van der Waals surface area contributed by atoms with Crippen molar-refractivity contribution in [3.63, 3.8) is 0 Å². The molecule has 1 saturated heterocycles. The molecule has 0 aliphatic carbocycles. The largest absolute Gasteiger partial charge is 0.481 e. The summed E-state index contributed by atoms with van der Waals surface area (Å²) in [6.07, 6.45) is 3.39. The molecule has 3 rings (SSSR count). The molecule has 5 atom stereocenters. The summed E-state index contributed by atoms with van der Waals surface area (Å²) in [6.45, 7) is 3.76. The minimum atomic E-state index is -1.53. The maximum Gasteiger partial charge on any atom is 0.326 e. The molecule has 0 aromatic heterocycles. The number of carbonyl (C=O) groups is 13. The van der Waals surface area contributed by atoms with Gasteiger partial charge < -0.3 is 106 Å². The number of benzene rings is 2. The summed E-state index contributed by atoms with van der Waals surface area (Å²) in [7, 11) is 0. The van der Waals surface area contributed by atoms with Crippen LogP contribution in [0.3, 0.4) is 0 Å². The summed E-state index contributed by atoms with van der Waals surface area (Å²) in [5, 5.41) is 84.1. The highest BCUT2D eigenvalue weighted by Crippen LogP contribution is 2.13. The van der Waals surface area contributed by atoms with Gasteiger partial charge in [0.2, 0.25) is 41.4 Å². The maximum atomic E-state index is 14.3. The second-order valence-corrected chi connectivity index (χ2v) is 24.8. The lowest BCUT2D eigenvalue weighted by molar-refractivity contribution is -0.143. The molecule has 9 amide bonds. The summed E-state index contributed by atoms with van der Waals surface area (Å²) >= 11 is 0. The lowest BCUT2D eigenvalue weighted by atomic mass is 9.97. The number of hydrogen-bond donors (Lipinski definition) is 20. The Morgan fingerprint density at radius 2 is 0.727 bits per heavy atom. The van der Waals surface area contributed by atoms with Crippen LogP contribution in [0, 0.1) is 0 Å². The van der Waals surface area contributed by atoms with E-state index in [2.05, 4.69) is 69.1 Å². The van der Waals surface area contributed by atoms with E-state index in [1.807, 2.05) is 0 Å². The molecular formula is C66H105N15O18. The normalized spacial score (nSPS) is 17.4. The number of rotatable bonds is 46. The third kappa shape index (κ3) is 37.0. The molecule has 1 heterocycles. The second-order valence-electron chi connectivity index (χ2n) is 24.8. The average Bonchev–Trinajstić information content (AvgIpc) is 0.881. The van der Waals surface area contributed by atoms with Crippen molar-refractivity contribution in [2.45, 2.75) is 183 Å². The summed E-state index contributed by atoms with van der Waals surface area (Å²) in [5.41, 5.74) is 12.1. The van der Waals surface area contributed by atoms with Crippen LogP contribution in [0.15, 0.2) is 60.7 Å². The minimum Gasteiger partial charge on any atom is -0.481 e. The van der Waals surface area contributed by atoms with Crippen molar-refractivity contribution in [1.29, 1.82) is 0 Å². The molecule has 33 nitrogen and oxygen atoms in total. The second kappa shape index (κ2) is 48.0.